The fraction of sp³-hybridized carbons (Fsp3) is 0.933. The normalized spacial score (nSPS) is 31.7. The van der Waals surface area contributed by atoms with E-state index in [9.17, 15) is 9.90 Å². The highest BCUT2D eigenvalue weighted by Gasteiger charge is 2.42. The van der Waals surface area contributed by atoms with Crippen LogP contribution in [0.5, 0.6) is 0 Å². The van der Waals surface area contributed by atoms with Gasteiger partial charge in [-0.05, 0) is 24.2 Å². The highest BCUT2D eigenvalue weighted by atomic mass is 16.4. The van der Waals surface area contributed by atoms with Crippen molar-refractivity contribution in [3.05, 3.63) is 0 Å². The van der Waals surface area contributed by atoms with E-state index in [4.69, 9.17) is 0 Å². The first-order valence-corrected chi connectivity index (χ1v) is 7.36. The van der Waals surface area contributed by atoms with E-state index in [0.29, 0.717) is 11.5 Å². The van der Waals surface area contributed by atoms with Crippen molar-refractivity contribution in [2.45, 2.75) is 58.9 Å². The monoisotopic (exact) mass is 253 g/mol. The molecule has 1 N–H and O–H groups in total. The Bertz CT molecular complexity index is 302. The maximum atomic E-state index is 11.4. The lowest BCUT2D eigenvalue weighted by molar-refractivity contribution is -0.146. The summed E-state index contributed by atoms with van der Waals surface area (Å²) in [6.45, 7) is 9.06. The van der Waals surface area contributed by atoms with E-state index in [2.05, 4.69) is 25.7 Å². The molecular weight excluding hydrogens is 226 g/mol. The average molecular weight is 253 g/mol. The minimum atomic E-state index is -0.582. The lowest BCUT2D eigenvalue weighted by Crippen LogP contribution is -2.58. The van der Waals surface area contributed by atoms with Crippen molar-refractivity contribution >= 4 is 5.97 Å². The molecule has 2 rings (SSSR count). The number of nitrogens with zero attached hydrogens (tertiary/aromatic N) is 1. The third-order valence-corrected chi connectivity index (χ3v) is 4.90. The Morgan fingerprint density at radius 2 is 1.72 bits per heavy atom. The van der Waals surface area contributed by atoms with Gasteiger partial charge in [-0.1, -0.05) is 40.0 Å². The Morgan fingerprint density at radius 1 is 1.11 bits per heavy atom. The Hall–Kier alpha value is -0.570. The predicted molar refractivity (Wildman–Crippen MR) is 72.5 cm³/mol. The summed E-state index contributed by atoms with van der Waals surface area (Å²) in [4.78, 5) is 13.8. The molecule has 1 heterocycles. The third-order valence-electron chi connectivity index (χ3n) is 4.90. The second-order valence-corrected chi connectivity index (χ2v) is 7.17. The summed E-state index contributed by atoms with van der Waals surface area (Å²) in [5, 5.41) is 9.40. The molecule has 0 amide bonds. The van der Waals surface area contributed by atoms with E-state index in [1.165, 1.54) is 12.8 Å². The van der Waals surface area contributed by atoms with Gasteiger partial charge in [-0.15, -0.1) is 0 Å². The molecule has 3 nitrogen and oxygen atoms in total. The molecule has 3 heteroatoms. The first kappa shape index (κ1) is 13.9. The Morgan fingerprint density at radius 3 is 2.28 bits per heavy atom. The van der Waals surface area contributed by atoms with Gasteiger partial charge in [-0.3, -0.25) is 9.69 Å². The van der Waals surface area contributed by atoms with Crippen molar-refractivity contribution in [3.8, 4) is 0 Å². The molecule has 0 bridgehead atoms. The van der Waals surface area contributed by atoms with Crippen LogP contribution in [0, 0.1) is 17.3 Å². The number of carboxylic acid groups (broad SMARTS) is 1. The smallest absolute Gasteiger partial charge is 0.308 e. The molecule has 18 heavy (non-hydrogen) atoms. The SMILES string of the molecule is CC(C)(C)C1CN(C2CCCCCC2C(=O)O)C1. The standard InChI is InChI=1S/C15H27NO2/c1-15(2,3)11-9-16(10-11)13-8-6-4-5-7-12(13)14(17)18/h11-13H,4-10H2,1-3H3,(H,17,18). The van der Waals surface area contributed by atoms with E-state index >= 15 is 0 Å². The lowest BCUT2D eigenvalue weighted by atomic mass is 9.74. The number of hydrogen-bond donors (Lipinski definition) is 1. The van der Waals surface area contributed by atoms with Gasteiger partial charge in [0.2, 0.25) is 0 Å². The summed E-state index contributed by atoms with van der Waals surface area (Å²) in [6.07, 6.45) is 5.44. The third kappa shape index (κ3) is 2.87. The lowest BCUT2D eigenvalue weighted by Gasteiger charge is -2.51. The van der Waals surface area contributed by atoms with Crippen LogP contribution in [-0.2, 0) is 4.79 Å². The first-order valence-electron chi connectivity index (χ1n) is 7.36. The molecule has 2 aliphatic rings. The fourth-order valence-electron chi connectivity index (χ4n) is 3.34. The summed E-state index contributed by atoms with van der Waals surface area (Å²) >= 11 is 0. The van der Waals surface area contributed by atoms with Crippen LogP contribution in [-0.4, -0.2) is 35.1 Å². The van der Waals surface area contributed by atoms with Crippen LogP contribution >= 0.6 is 0 Å². The van der Waals surface area contributed by atoms with Gasteiger partial charge in [0.15, 0.2) is 0 Å². The molecule has 2 fully saturated rings. The van der Waals surface area contributed by atoms with E-state index < -0.39 is 5.97 Å². The van der Waals surface area contributed by atoms with Gasteiger partial charge in [0.05, 0.1) is 5.92 Å². The van der Waals surface area contributed by atoms with Crippen molar-refractivity contribution in [2.75, 3.05) is 13.1 Å². The summed E-state index contributed by atoms with van der Waals surface area (Å²) in [5.41, 5.74) is 0.361. The number of rotatable bonds is 2. The molecule has 104 valence electrons. The molecule has 0 aromatic heterocycles. The Balaban J connectivity index is 1.96. The fourth-order valence-corrected chi connectivity index (χ4v) is 3.34. The molecule has 1 aliphatic carbocycles. The summed E-state index contributed by atoms with van der Waals surface area (Å²) in [6, 6.07) is 0.295. The molecule has 0 aromatic carbocycles. The van der Waals surface area contributed by atoms with Crippen molar-refractivity contribution < 1.29 is 9.90 Å². The molecule has 0 radical (unpaired) electrons. The van der Waals surface area contributed by atoms with E-state index in [1.807, 2.05) is 0 Å². The van der Waals surface area contributed by atoms with Gasteiger partial charge >= 0.3 is 5.97 Å². The molecule has 1 saturated carbocycles. The number of hydrogen-bond acceptors (Lipinski definition) is 2. The number of carboxylic acids is 1. The van der Waals surface area contributed by atoms with Crippen molar-refractivity contribution in [1.29, 1.82) is 0 Å². The largest absolute Gasteiger partial charge is 0.481 e. The molecule has 0 aromatic rings. The zero-order valence-electron chi connectivity index (χ0n) is 12.0. The molecule has 2 unspecified atom stereocenters. The zero-order valence-corrected chi connectivity index (χ0v) is 12.0. The number of aliphatic carboxylic acids is 1. The number of carbonyl (C=O) groups is 1. The summed E-state index contributed by atoms with van der Waals surface area (Å²) in [7, 11) is 0. The van der Waals surface area contributed by atoms with Gasteiger partial charge in [0.25, 0.3) is 0 Å². The second-order valence-electron chi connectivity index (χ2n) is 7.17. The minimum Gasteiger partial charge on any atom is -0.481 e. The van der Waals surface area contributed by atoms with Crippen LogP contribution in [0.1, 0.15) is 52.9 Å². The highest BCUT2D eigenvalue weighted by molar-refractivity contribution is 5.71. The molecular formula is C15H27NO2. The van der Waals surface area contributed by atoms with Crippen LogP contribution in [0.2, 0.25) is 0 Å². The van der Waals surface area contributed by atoms with Crippen LogP contribution in [0.25, 0.3) is 0 Å². The quantitative estimate of drug-likeness (QED) is 0.769. The zero-order chi connectivity index (χ0) is 13.3. The van der Waals surface area contributed by atoms with Crippen LogP contribution < -0.4 is 0 Å². The van der Waals surface area contributed by atoms with E-state index in [0.717, 1.165) is 38.3 Å². The molecule has 0 spiro atoms. The maximum Gasteiger partial charge on any atom is 0.308 e. The van der Waals surface area contributed by atoms with Crippen molar-refractivity contribution in [3.63, 3.8) is 0 Å². The maximum absolute atomic E-state index is 11.4. The Kier molecular flexibility index (Phi) is 4.00. The number of likely N-dealkylation sites (tertiary alicyclic amines) is 1. The second kappa shape index (κ2) is 5.20. The van der Waals surface area contributed by atoms with Crippen LogP contribution in [0.15, 0.2) is 0 Å². The average Bonchev–Trinajstić information content (AvgIpc) is 2.38. The molecule has 1 aliphatic heterocycles. The van der Waals surface area contributed by atoms with Gasteiger partial charge in [-0.25, -0.2) is 0 Å². The van der Waals surface area contributed by atoms with E-state index in [-0.39, 0.29) is 5.92 Å². The topological polar surface area (TPSA) is 40.5 Å². The van der Waals surface area contributed by atoms with Gasteiger partial charge < -0.3 is 5.11 Å². The first-order chi connectivity index (χ1) is 8.39. The minimum absolute atomic E-state index is 0.131. The summed E-state index contributed by atoms with van der Waals surface area (Å²) < 4.78 is 0. The summed E-state index contributed by atoms with van der Waals surface area (Å²) in [5.74, 6) is 0.0183. The van der Waals surface area contributed by atoms with E-state index in [1.54, 1.807) is 0 Å². The van der Waals surface area contributed by atoms with Crippen molar-refractivity contribution in [1.82, 2.24) is 4.90 Å². The van der Waals surface area contributed by atoms with Crippen LogP contribution in [0.3, 0.4) is 0 Å². The highest BCUT2D eigenvalue weighted by Crippen LogP contribution is 2.38. The Labute approximate surface area is 111 Å². The predicted octanol–water partition coefficient (Wildman–Crippen LogP) is 3.00. The van der Waals surface area contributed by atoms with Gasteiger partial charge in [-0.2, -0.15) is 0 Å². The molecule has 2 atom stereocenters. The van der Waals surface area contributed by atoms with Crippen LogP contribution in [0.4, 0.5) is 0 Å². The van der Waals surface area contributed by atoms with Crippen molar-refractivity contribution in [2.24, 2.45) is 17.3 Å². The van der Waals surface area contributed by atoms with Gasteiger partial charge in [0.1, 0.15) is 0 Å². The van der Waals surface area contributed by atoms with Gasteiger partial charge in [0, 0.05) is 19.1 Å². The molecule has 1 saturated heterocycles.